The van der Waals surface area contributed by atoms with Gasteiger partial charge in [-0.3, -0.25) is 9.59 Å². The van der Waals surface area contributed by atoms with Gasteiger partial charge in [0.15, 0.2) is 0 Å². The van der Waals surface area contributed by atoms with Crippen LogP contribution in [0.25, 0.3) is 0 Å². The molecule has 1 rings (SSSR count). The molecule has 5 N–H and O–H groups in total. The summed E-state index contributed by atoms with van der Waals surface area (Å²) >= 11 is 0. The van der Waals surface area contributed by atoms with Crippen molar-refractivity contribution in [3.63, 3.8) is 0 Å². The minimum absolute atomic E-state index is 0.121. The summed E-state index contributed by atoms with van der Waals surface area (Å²) < 4.78 is 0. The van der Waals surface area contributed by atoms with Crippen molar-refractivity contribution in [2.45, 2.75) is 45.4 Å². The molecule has 0 aromatic carbocycles. The number of nitrogens with two attached hydrogens (primary N) is 2. The molecule has 3 atom stereocenters. The number of aliphatic hydroxyl groups is 1. The van der Waals surface area contributed by atoms with Crippen molar-refractivity contribution in [2.75, 3.05) is 6.54 Å². The van der Waals surface area contributed by atoms with E-state index in [2.05, 4.69) is 0 Å². The number of aliphatic hydroxyl groups excluding tert-OH is 1. The molecule has 0 radical (unpaired) electrons. The van der Waals surface area contributed by atoms with Crippen LogP contribution in [0.15, 0.2) is 0 Å². The molecular formula is C11H21N3O3. The van der Waals surface area contributed by atoms with E-state index >= 15 is 0 Å². The van der Waals surface area contributed by atoms with Gasteiger partial charge in [-0.15, -0.1) is 0 Å². The number of carbonyl (C=O) groups excluding carboxylic acids is 2. The van der Waals surface area contributed by atoms with Gasteiger partial charge in [0.1, 0.15) is 6.04 Å². The highest BCUT2D eigenvalue weighted by Crippen LogP contribution is 2.24. The lowest BCUT2D eigenvalue weighted by Gasteiger charge is -2.31. The van der Waals surface area contributed by atoms with E-state index in [9.17, 15) is 14.7 Å². The highest BCUT2D eigenvalue weighted by molar-refractivity contribution is 5.90. The van der Waals surface area contributed by atoms with Crippen LogP contribution in [-0.4, -0.2) is 46.6 Å². The van der Waals surface area contributed by atoms with E-state index in [0.717, 1.165) is 0 Å². The monoisotopic (exact) mass is 243 g/mol. The standard InChI is InChI=1S/C11H21N3O3/c1-11(2,3)8(12)10(17)14-5-6(15)4-7(14)9(13)16/h6-8,15H,4-5,12H2,1-3H3,(H2,13,16)/t6-,7+,8+/m1/s1. The fourth-order valence-electron chi connectivity index (χ4n) is 1.88. The zero-order chi connectivity index (χ0) is 13.4. The summed E-state index contributed by atoms with van der Waals surface area (Å²) in [6.45, 7) is 5.67. The molecule has 6 heteroatoms. The lowest BCUT2D eigenvalue weighted by molar-refractivity contribution is -0.140. The summed E-state index contributed by atoms with van der Waals surface area (Å²) in [7, 11) is 0. The third-order valence-corrected chi connectivity index (χ3v) is 3.09. The minimum atomic E-state index is -0.745. The second-order valence-corrected chi connectivity index (χ2v) is 5.64. The predicted molar refractivity (Wildman–Crippen MR) is 62.7 cm³/mol. The zero-order valence-electron chi connectivity index (χ0n) is 10.5. The second kappa shape index (κ2) is 4.62. The zero-order valence-corrected chi connectivity index (χ0v) is 10.5. The molecule has 1 aliphatic rings. The Morgan fingerprint density at radius 1 is 1.41 bits per heavy atom. The van der Waals surface area contributed by atoms with E-state index in [-0.39, 0.29) is 18.9 Å². The maximum atomic E-state index is 12.1. The normalized spacial score (nSPS) is 27.0. The molecule has 0 unspecified atom stereocenters. The SMILES string of the molecule is CC(C)(C)[C@@H](N)C(=O)N1C[C@H](O)C[C@H]1C(N)=O. The molecule has 1 aliphatic heterocycles. The van der Waals surface area contributed by atoms with Gasteiger partial charge in [-0.2, -0.15) is 0 Å². The van der Waals surface area contributed by atoms with Gasteiger partial charge < -0.3 is 21.5 Å². The first-order valence-corrected chi connectivity index (χ1v) is 5.68. The first-order chi connectivity index (χ1) is 7.64. The van der Waals surface area contributed by atoms with Gasteiger partial charge >= 0.3 is 0 Å². The first kappa shape index (κ1) is 13.9. The van der Waals surface area contributed by atoms with Crippen LogP contribution in [0.3, 0.4) is 0 Å². The average molecular weight is 243 g/mol. The van der Waals surface area contributed by atoms with Crippen molar-refractivity contribution in [1.82, 2.24) is 4.90 Å². The molecule has 0 bridgehead atoms. The number of likely N-dealkylation sites (tertiary alicyclic amines) is 1. The van der Waals surface area contributed by atoms with Crippen LogP contribution in [0.2, 0.25) is 0 Å². The topological polar surface area (TPSA) is 110 Å². The van der Waals surface area contributed by atoms with Gasteiger partial charge in [0, 0.05) is 13.0 Å². The van der Waals surface area contributed by atoms with Gasteiger partial charge in [0.05, 0.1) is 12.1 Å². The maximum Gasteiger partial charge on any atom is 0.240 e. The van der Waals surface area contributed by atoms with Crippen molar-refractivity contribution in [3.8, 4) is 0 Å². The van der Waals surface area contributed by atoms with Gasteiger partial charge in [0.25, 0.3) is 0 Å². The third kappa shape index (κ3) is 2.95. The van der Waals surface area contributed by atoms with Gasteiger partial charge in [0.2, 0.25) is 11.8 Å². The van der Waals surface area contributed by atoms with Crippen LogP contribution in [0.4, 0.5) is 0 Å². The molecule has 1 heterocycles. The minimum Gasteiger partial charge on any atom is -0.391 e. The van der Waals surface area contributed by atoms with Crippen LogP contribution in [0.5, 0.6) is 0 Å². The Morgan fingerprint density at radius 2 is 1.94 bits per heavy atom. The van der Waals surface area contributed by atoms with Gasteiger partial charge in [-0.1, -0.05) is 20.8 Å². The number of rotatable bonds is 2. The van der Waals surface area contributed by atoms with E-state index in [1.165, 1.54) is 4.90 Å². The van der Waals surface area contributed by atoms with E-state index in [0.29, 0.717) is 0 Å². The molecular weight excluding hydrogens is 222 g/mol. The molecule has 17 heavy (non-hydrogen) atoms. The Labute approximate surface area is 101 Å². The van der Waals surface area contributed by atoms with E-state index < -0.39 is 29.5 Å². The number of hydrogen-bond acceptors (Lipinski definition) is 4. The molecule has 0 aromatic rings. The molecule has 1 saturated heterocycles. The van der Waals surface area contributed by atoms with Gasteiger partial charge in [-0.05, 0) is 5.41 Å². The number of amides is 2. The van der Waals surface area contributed by atoms with Crippen molar-refractivity contribution < 1.29 is 14.7 Å². The third-order valence-electron chi connectivity index (χ3n) is 3.09. The summed E-state index contributed by atoms with van der Waals surface area (Å²) in [6.07, 6.45) is -0.513. The molecule has 0 spiro atoms. The fourth-order valence-corrected chi connectivity index (χ4v) is 1.88. The Bertz CT molecular complexity index is 324. The Balaban J connectivity index is 2.84. The van der Waals surface area contributed by atoms with Crippen molar-refractivity contribution in [3.05, 3.63) is 0 Å². The summed E-state index contributed by atoms with van der Waals surface area (Å²) in [5, 5.41) is 9.51. The number of hydrogen-bond donors (Lipinski definition) is 3. The van der Waals surface area contributed by atoms with Crippen LogP contribution < -0.4 is 11.5 Å². The molecule has 2 amide bonds. The molecule has 0 aromatic heterocycles. The van der Waals surface area contributed by atoms with Crippen molar-refractivity contribution >= 4 is 11.8 Å². The quantitative estimate of drug-likeness (QED) is 0.566. The van der Waals surface area contributed by atoms with E-state index in [1.807, 2.05) is 20.8 Å². The smallest absolute Gasteiger partial charge is 0.240 e. The molecule has 6 nitrogen and oxygen atoms in total. The highest BCUT2D eigenvalue weighted by Gasteiger charge is 2.41. The highest BCUT2D eigenvalue weighted by atomic mass is 16.3. The summed E-state index contributed by atoms with van der Waals surface area (Å²) in [6, 6.07) is -1.46. The lowest BCUT2D eigenvalue weighted by Crippen LogP contribution is -2.54. The molecule has 0 aliphatic carbocycles. The predicted octanol–water partition coefficient (Wildman–Crippen LogP) is -1.19. The Morgan fingerprint density at radius 3 is 2.35 bits per heavy atom. The van der Waals surface area contributed by atoms with Crippen molar-refractivity contribution in [2.24, 2.45) is 16.9 Å². The van der Waals surface area contributed by atoms with Crippen LogP contribution in [0.1, 0.15) is 27.2 Å². The maximum absolute atomic E-state index is 12.1. The lowest BCUT2D eigenvalue weighted by atomic mass is 9.86. The largest absolute Gasteiger partial charge is 0.391 e. The van der Waals surface area contributed by atoms with Crippen LogP contribution in [0, 0.1) is 5.41 Å². The second-order valence-electron chi connectivity index (χ2n) is 5.64. The average Bonchev–Trinajstić information content (AvgIpc) is 2.56. The van der Waals surface area contributed by atoms with E-state index in [4.69, 9.17) is 11.5 Å². The number of β-amino-alcohol motifs (C(OH)–C–C–N with tert-alkyl or cyclic N) is 1. The Kier molecular flexibility index (Phi) is 3.78. The molecule has 1 fully saturated rings. The van der Waals surface area contributed by atoms with Crippen LogP contribution >= 0.6 is 0 Å². The summed E-state index contributed by atoms with van der Waals surface area (Å²) in [5.41, 5.74) is 10.7. The van der Waals surface area contributed by atoms with E-state index in [1.54, 1.807) is 0 Å². The molecule has 0 saturated carbocycles. The number of primary amides is 1. The van der Waals surface area contributed by atoms with Gasteiger partial charge in [-0.25, -0.2) is 0 Å². The molecule has 98 valence electrons. The number of nitrogens with zero attached hydrogens (tertiary/aromatic N) is 1. The summed E-state index contributed by atoms with van der Waals surface area (Å²) in [4.78, 5) is 24.6. The van der Waals surface area contributed by atoms with Crippen molar-refractivity contribution in [1.29, 1.82) is 0 Å². The fraction of sp³-hybridized carbons (Fsp3) is 0.818. The Hall–Kier alpha value is -1.14. The first-order valence-electron chi connectivity index (χ1n) is 5.68. The number of carbonyl (C=O) groups is 2. The van der Waals surface area contributed by atoms with Crippen LogP contribution in [-0.2, 0) is 9.59 Å². The summed E-state index contributed by atoms with van der Waals surface area (Å²) in [5.74, 6) is -0.936.